The van der Waals surface area contributed by atoms with Crippen LogP contribution >= 0.6 is 0 Å². The van der Waals surface area contributed by atoms with Gasteiger partial charge >= 0.3 is 0 Å². The highest BCUT2D eigenvalue weighted by molar-refractivity contribution is 5.35. The summed E-state index contributed by atoms with van der Waals surface area (Å²) >= 11 is 0. The Labute approximate surface area is 143 Å². The Hall–Kier alpha value is -1.71. The highest BCUT2D eigenvalue weighted by atomic mass is 19.1. The molecule has 2 unspecified atom stereocenters. The molecular formula is C21H24FNO. The van der Waals surface area contributed by atoms with Crippen LogP contribution in [0.25, 0.3) is 0 Å². The molecule has 0 saturated carbocycles. The Balaban J connectivity index is 1.44. The maximum atomic E-state index is 13.2. The second-order valence-electron chi connectivity index (χ2n) is 6.96. The van der Waals surface area contributed by atoms with Crippen molar-refractivity contribution in [3.8, 4) is 0 Å². The topological polar surface area (TPSA) is 21.3 Å². The second kappa shape index (κ2) is 7.04. The molecule has 1 N–H and O–H groups in total. The maximum absolute atomic E-state index is 13.2. The van der Waals surface area contributed by atoms with Gasteiger partial charge < -0.3 is 10.1 Å². The minimum atomic E-state index is -0.178. The zero-order chi connectivity index (χ0) is 16.4. The third kappa shape index (κ3) is 3.38. The molecule has 126 valence electrons. The van der Waals surface area contributed by atoms with Crippen LogP contribution < -0.4 is 5.32 Å². The summed E-state index contributed by atoms with van der Waals surface area (Å²) in [6.45, 7) is 2.49. The first-order chi connectivity index (χ1) is 11.8. The molecule has 0 bridgehead atoms. The number of ether oxygens (including phenoxy) is 1. The molecule has 0 radical (unpaired) electrons. The molecule has 3 heteroatoms. The van der Waals surface area contributed by atoms with Crippen LogP contribution in [0.4, 0.5) is 4.39 Å². The second-order valence-corrected chi connectivity index (χ2v) is 6.96. The number of aryl methyl sites for hydroxylation is 2. The van der Waals surface area contributed by atoms with Gasteiger partial charge in [0.15, 0.2) is 0 Å². The zero-order valence-corrected chi connectivity index (χ0v) is 13.9. The third-order valence-corrected chi connectivity index (χ3v) is 5.35. The molecular weight excluding hydrogens is 301 g/mol. The van der Waals surface area contributed by atoms with Gasteiger partial charge in [-0.05, 0) is 66.6 Å². The van der Waals surface area contributed by atoms with E-state index in [0.29, 0.717) is 12.5 Å². The fourth-order valence-corrected chi connectivity index (χ4v) is 4.01. The van der Waals surface area contributed by atoms with Crippen LogP contribution in [-0.2, 0) is 24.2 Å². The Bertz CT molecular complexity index is 697. The van der Waals surface area contributed by atoms with Gasteiger partial charge in [-0.15, -0.1) is 0 Å². The van der Waals surface area contributed by atoms with Crippen molar-refractivity contribution in [1.29, 1.82) is 0 Å². The van der Waals surface area contributed by atoms with Crippen LogP contribution in [-0.4, -0.2) is 19.2 Å². The normalized spacial score (nSPS) is 23.2. The lowest BCUT2D eigenvalue weighted by Crippen LogP contribution is -2.40. The maximum Gasteiger partial charge on any atom is 0.123 e. The van der Waals surface area contributed by atoms with E-state index >= 15 is 0 Å². The fraction of sp³-hybridized carbons (Fsp3) is 0.429. The van der Waals surface area contributed by atoms with Gasteiger partial charge in [0.1, 0.15) is 5.82 Å². The monoisotopic (exact) mass is 325 g/mol. The average Bonchev–Trinajstić information content (AvgIpc) is 3.09. The van der Waals surface area contributed by atoms with E-state index in [9.17, 15) is 4.39 Å². The summed E-state index contributed by atoms with van der Waals surface area (Å²) in [4.78, 5) is 0. The number of rotatable bonds is 4. The molecule has 2 nitrogen and oxygen atoms in total. The standard InChI is InChI=1S/C21H24FNO/c22-19-8-6-17(7-9-19)20-10-11-23-13-21(20)24-14-15-4-5-16-2-1-3-18(16)12-15/h4-9,12,20-21,23H,1-3,10-11,13-14H2. The van der Waals surface area contributed by atoms with Gasteiger partial charge in [-0.2, -0.15) is 0 Å². The van der Waals surface area contributed by atoms with Crippen molar-refractivity contribution in [1.82, 2.24) is 5.32 Å². The molecule has 1 aliphatic carbocycles. The van der Waals surface area contributed by atoms with Gasteiger partial charge in [-0.3, -0.25) is 0 Å². The lowest BCUT2D eigenvalue weighted by molar-refractivity contribution is 0.0106. The van der Waals surface area contributed by atoms with E-state index in [4.69, 9.17) is 4.74 Å². The molecule has 2 aromatic carbocycles. The lowest BCUT2D eigenvalue weighted by Gasteiger charge is -2.32. The summed E-state index contributed by atoms with van der Waals surface area (Å²) in [5, 5.41) is 3.42. The Kier molecular flexibility index (Phi) is 4.63. The summed E-state index contributed by atoms with van der Waals surface area (Å²) in [5.74, 6) is 0.157. The van der Waals surface area contributed by atoms with E-state index in [0.717, 1.165) is 19.5 Å². The summed E-state index contributed by atoms with van der Waals surface area (Å²) in [5.41, 5.74) is 5.44. The molecule has 2 aromatic rings. The van der Waals surface area contributed by atoms with Crippen LogP contribution in [0.15, 0.2) is 42.5 Å². The van der Waals surface area contributed by atoms with Crippen molar-refractivity contribution in [2.24, 2.45) is 0 Å². The van der Waals surface area contributed by atoms with E-state index in [1.165, 1.54) is 41.5 Å². The van der Waals surface area contributed by atoms with Crippen molar-refractivity contribution in [2.75, 3.05) is 13.1 Å². The van der Waals surface area contributed by atoms with Gasteiger partial charge in [0.25, 0.3) is 0 Å². The van der Waals surface area contributed by atoms with Gasteiger partial charge in [0.05, 0.1) is 12.7 Å². The number of benzene rings is 2. The van der Waals surface area contributed by atoms with Crippen molar-refractivity contribution >= 4 is 0 Å². The predicted octanol–water partition coefficient (Wildman–Crippen LogP) is 3.98. The predicted molar refractivity (Wildman–Crippen MR) is 93.7 cm³/mol. The van der Waals surface area contributed by atoms with Crippen LogP contribution in [0, 0.1) is 5.82 Å². The molecule has 0 spiro atoms. The number of hydrogen-bond acceptors (Lipinski definition) is 2. The average molecular weight is 325 g/mol. The van der Waals surface area contributed by atoms with Crippen LogP contribution in [0.2, 0.25) is 0 Å². The summed E-state index contributed by atoms with van der Waals surface area (Å²) in [7, 11) is 0. The van der Waals surface area contributed by atoms with E-state index in [-0.39, 0.29) is 11.9 Å². The van der Waals surface area contributed by atoms with E-state index in [1.807, 2.05) is 12.1 Å². The first-order valence-electron chi connectivity index (χ1n) is 8.98. The SMILES string of the molecule is Fc1ccc(C2CCNCC2OCc2ccc3c(c2)CCC3)cc1. The molecule has 2 atom stereocenters. The number of fused-ring (bicyclic) bond motifs is 1. The summed E-state index contributed by atoms with van der Waals surface area (Å²) in [6.07, 6.45) is 4.86. The third-order valence-electron chi connectivity index (χ3n) is 5.35. The number of hydrogen-bond donors (Lipinski definition) is 1. The van der Waals surface area contributed by atoms with Gasteiger partial charge in [0.2, 0.25) is 0 Å². The lowest BCUT2D eigenvalue weighted by atomic mass is 9.88. The first kappa shape index (κ1) is 15.8. The minimum Gasteiger partial charge on any atom is -0.372 e. The number of piperidine rings is 1. The summed E-state index contributed by atoms with van der Waals surface area (Å²) in [6, 6.07) is 13.7. The molecule has 1 aliphatic heterocycles. The Morgan fingerprint density at radius 3 is 2.75 bits per heavy atom. The van der Waals surface area contributed by atoms with Crippen LogP contribution in [0.3, 0.4) is 0 Å². The molecule has 24 heavy (non-hydrogen) atoms. The number of halogens is 1. The van der Waals surface area contributed by atoms with E-state index in [2.05, 4.69) is 23.5 Å². The van der Waals surface area contributed by atoms with Crippen molar-refractivity contribution in [3.05, 3.63) is 70.5 Å². The van der Waals surface area contributed by atoms with Crippen LogP contribution in [0.5, 0.6) is 0 Å². The van der Waals surface area contributed by atoms with Crippen molar-refractivity contribution in [2.45, 2.75) is 44.3 Å². The quantitative estimate of drug-likeness (QED) is 0.918. The van der Waals surface area contributed by atoms with Gasteiger partial charge in [-0.1, -0.05) is 30.3 Å². The number of nitrogens with one attached hydrogen (secondary N) is 1. The van der Waals surface area contributed by atoms with Crippen molar-refractivity contribution < 1.29 is 9.13 Å². The molecule has 0 amide bonds. The first-order valence-corrected chi connectivity index (χ1v) is 8.98. The highest BCUT2D eigenvalue weighted by Crippen LogP contribution is 2.29. The molecule has 4 rings (SSSR count). The molecule has 1 saturated heterocycles. The molecule has 2 aliphatic rings. The van der Waals surface area contributed by atoms with Gasteiger partial charge in [0, 0.05) is 12.5 Å². The largest absolute Gasteiger partial charge is 0.372 e. The zero-order valence-electron chi connectivity index (χ0n) is 13.9. The molecule has 1 fully saturated rings. The highest BCUT2D eigenvalue weighted by Gasteiger charge is 2.27. The molecule has 1 heterocycles. The van der Waals surface area contributed by atoms with Crippen molar-refractivity contribution in [3.63, 3.8) is 0 Å². The summed E-state index contributed by atoms with van der Waals surface area (Å²) < 4.78 is 19.5. The Morgan fingerprint density at radius 1 is 1.04 bits per heavy atom. The Morgan fingerprint density at radius 2 is 1.88 bits per heavy atom. The fourth-order valence-electron chi connectivity index (χ4n) is 4.01. The van der Waals surface area contributed by atoms with Gasteiger partial charge in [-0.25, -0.2) is 4.39 Å². The van der Waals surface area contributed by atoms with E-state index in [1.54, 1.807) is 12.1 Å². The van der Waals surface area contributed by atoms with Crippen LogP contribution in [0.1, 0.15) is 41.0 Å². The minimum absolute atomic E-state index is 0.137. The molecule has 0 aromatic heterocycles. The smallest absolute Gasteiger partial charge is 0.123 e. The van der Waals surface area contributed by atoms with E-state index < -0.39 is 0 Å².